The Morgan fingerprint density at radius 2 is 1.42 bits per heavy atom. The lowest BCUT2D eigenvalue weighted by Gasteiger charge is -2.17. The molecule has 0 aromatic carbocycles. The number of alkyl halides is 1. The molecular formula is C7H19Cl3N2. The van der Waals surface area contributed by atoms with E-state index in [1.54, 1.807) is 0 Å². The number of likely N-dealkylation sites (N-methyl/N-ethyl adjacent to an activating group) is 2. The Hall–Kier alpha value is 0.790. The summed E-state index contributed by atoms with van der Waals surface area (Å²) in [6.45, 7) is 3.18. The second-order valence-electron chi connectivity index (χ2n) is 2.80. The third-order valence-corrected chi connectivity index (χ3v) is 1.56. The van der Waals surface area contributed by atoms with Crippen LogP contribution in [-0.4, -0.2) is 56.5 Å². The molecule has 0 amide bonds. The Kier molecular flexibility index (Phi) is 18.2. The molecule has 0 atom stereocenters. The van der Waals surface area contributed by atoms with Crippen LogP contribution in [-0.2, 0) is 0 Å². The Bertz CT molecular complexity index is 81.1. The zero-order valence-electron chi connectivity index (χ0n) is 7.92. The Balaban J connectivity index is -0.000000405. The van der Waals surface area contributed by atoms with Crippen LogP contribution in [0.15, 0.2) is 0 Å². The van der Waals surface area contributed by atoms with Gasteiger partial charge in [-0.25, -0.2) is 0 Å². The first-order valence-electron chi connectivity index (χ1n) is 3.56. The van der Waals surface area contributed by atoms with Crippen molar-refractivity contribution in [1.29, 1.82) is 0 Å². The Morgan fingerprint density at radius 3 is 1.75 bits per heavy atom. The molecule has 78 valence electrons. The van der Waals surface area contributed by atoms with E-state index in [9.17, 15) is 0 Å². The lowest BCUT2D eigenvalue weighted by molar-refractivity contribution is 0.294. The lowest BCUT2D eigenvalue weighted by atomic mass is 10.5. The van der Waals surface area contributed by atoms with Gasteiger partial charge in [0.05, 0.1) is 0 Å². The Labute approximate surface area is 93.1 Å². The van der Waals surface area contributed by atoms with Gasteiger partial charge in [0.25, 0.3) is 0 Å². The standard InChI is InChI=1S/C7H17ClN2.2ClH/c1-9(2)6-7-10(3)5-4-8;;/h4-7H2,1-3H3;2*1H. The quantitative estimate of drug-likeness (QED) is 0.670. The minimum Gasteiger partial charge on any atom is -0.308 e. The number of hydrogen-bond donors (Lipinski definition) is 0. The highest BCUT2D eigenvalue weighted by Gasteiger charge is 1.96. The second-order valence-corrected chi connectivity index (χ2v) is 3.17. The van der Waals surface area contributed by atoms with Crippen LogP contribution in [0.3, 0.4) is 0 Å². The lowest BCUT2D eigenvalue weighted by Crippen LogP contribution is -2.29. The summed E-state index contributed by atoms with van der Waals surface area (Å²) in [5, 5.41) is 0. The second kappa shape index (κ2) is 11.8. The van der Waals surface area contributed by atoms with E-state index in [2.05, 4.69) is 30.9 Å². The number of rotatable bonds is 5. The Morgan fingerprint density at radius 1 is 0.917 bits per heavy atom. The van der Waals surface area contributed by atoms with Crippen molar-refractivity contribution in [3.63, 3.8) is 0 Å². The average Bonchev–Trinajstić information content (AvgIpc) is 1.85. The predicted molar refractivity (Wildman–Crippen MR) is 61.3 cm³/mol. The molecule has 0 aliphatic rings. The normalized spacial score (nSPS) is 9.50. The highest BCUT2D eigenvalue weighted by Crippen LogP contribution is 1.85. The molecule has 5 heteroatoms. The van der Waals surface area contributed by atoms with E-state index in [1.807, 2.05) is 0 Å². The smallest absolute Gasteiger partial charge is 0.0351 e. The molecule has 0 unspecified atom stereocenters. The van der Waals surface area contributed by atoms with Crippen LogP contribution < -0.4 is 0 Å². The van der Waals surface area contributed by atoms with Crippen LogP contribution in [0.4, 0.5) is 0 Å². The molecule has 12 heavy (non-hydrogen) atoms. The van der Waals surface area contributed by atoms with Gasteiger partial charge in [-0.15, -0.1) is 36.4 Å². The van der Waals surface area contributed by atoms with Crippen molar-refractivity contribution in [1.82, 2.24) is 9.80 Å². The van der Waals surface area contributed by atoms with Crippen LogP contribution >= 0.6 is 36.4 Å². The van der Waals surface area contributed by atoms with Gasteiger partial charge in [0.2, 0.25) is 0 Å². The van der Waals surface area contributed by atoms with E-state index in [0.717, 1.165) is 25.5 Å². The summed E-state index contributed by atoms with van der Waals surface area (Å²) in [6.07, 6.45) is 0. The highest BCUT2D eigenvalue weighted by molar-refractivity contribution is 6.18. The van der Waals surface area contributed by atoms with E-state index in [-0.39, 0.29) is 24.8 Å². The van der Waals surface area contributed by atoms with E-state index >= 15 is 0 Å². The van der Waals surface area contributed by atoms with Crippen LogP contribution in [0.1, 0.15) is 0 Å². The van der Waals surface area contributed by atoms with Gasteiger partial charge in [-0.3, -0.25) is 0 Å². The minimum atomic E-state index is 0. The van der Waals surface area contributed by atoms with E-state index < -0.39 is 0 Å². The first-order chi connectivity index (χ1) is 4.66. The van der Waals surface area contributed by atoms with Gasteiger partial charge in [0.15, 0.2) is 0 Å². The van der Waals surface area contributed by atoms with Gasteiger partial charge >= 0.3 is 0 Å². The maximum atomic E-state index is 5.56. The monoisotopic (exact) mass is 236 g/mol. The molecule has 0 aliphatic carbocycles. The zero-order valence-corrected chi connectivity index (χ0v) is 10.3. The maximum Gasteiger partial charge on any atom is 0.0351 e. The van der Waals surface area contributed by atoms with Crippen LogP contribution in [0.5, 0.6) is 0 Å². The summed E-state index contributed by atoms with van der Waals surface area (Å²) in [6, 6.07) is 0. The molecule has 0 spiro atoms. The van der Waals surface area contributed by atoms with Crippen molar-refractivity contribution in [2.75, 3.05) is 46.7 Å². The number of halogens is 3. The van der Waals surface area contributed by atoms with Gasteiger partial charge in [0.1, 0.15) is 0 Å². The first kappa shape index (κ1) is 18.5. The molecule has 0 saturated heterocycles. The van der Waals surface area contributed by atoms with Crippen molar-refractivity contribution >= 4 is 36.4 Å². The molecule has 0 aromatic heterocycles. The molecular weight excluding hydrogens is 218 g/mol. The number of nitrogens with zero attached hydrogens (tertiary/aromatic N) is 2. The predicted octanol–water partition coefficient (Wildman–Crippen LogP) is 1.56. The van der Waals surface area contributed by atoms with Crippen LogP contribution in [0, 0.1) is 0 Å². The summed E-state index contributed by atoms with van der Waals surface area (Å²) in [5.74, 6) is 0.726. The van der Waals surface area contributed by atoms with Crippen LogP contribution in [0.2, 0.25) is 0 Å². The van der Waals surface area contributed by atoms with Crippen molar-refractivity contribution < 1.29 is 0 Å². The topological polar surface area (TPSA) is 6.48 Å². The molecule has 0 bridgehead atoms. The van der Waals surface area contributed by atoms with E-state index in [4.69, 9.17) is 11.6 Å². The molecule has 2 nitrogen and oxygen atoms in total. The minimum absolute atomic E-state index is 0. The molecule has 0 aromatic rings. The molecule has 0 rings (SSSR count). The van der Waals surface area contributed by atoms with Gasteiger partial charge in [-0.05, 0) is 21.1 Å². The van der Waals surface area contributed by atoms with Crippen molar-refractivity contribution in [3.05, 3.63) is 0 Å². The zero-order chi connectivity index (χ0) is 7.98. The fourth-order valence-corrected chi connectivity index (χ4v) is 0.915. The largest absolute Gasteiger partial charge is 0.308 e. The summed E-state index contributed by atoms with van der Waals surface area (Å²) in [5.41, 5.74) is 0. The van der Waals surface area contributed by atoms with Crippen molar-refractivity contribution in [2.45, 2.75) is 0 Å². The van der Waals surface area contributed by atoms with E-state index in [0.29, 0.717) is 0 Å². The fourth-order valence-electron chi connectivity index (χ4n) is 0.627. The molecule has 0 heterocycles. The fraction of sp³-hybridized carbons (Fsp3) is 1.00. The van der Waals surface area contributed by atoms with Gasteiger partial charge in [0, 0.05) is 25.5 Å². The number of hydrogen-bond acceptors (Lipinski definition) is 2. The molecule has 0 radical (unpaired) electrons. The summed E-state index contributed by atoms with van der Waals surface area (Å²) in [4.78, 5) is 4.40. The van der Waals surface area contributed by atoms with E-state index in [1.165, 1.54) is 0 Å². The third-order valence-electron chi connectivity index (χ3n) is 1.40. The molecule has 0 fully saturated rings. The van der Waals surface area contributed by atoms with Gasteiger partial charge < -0.3 is 9.80 Å². The summed E-state index contributed by atoms with van der Waals surface area (Å²) >= 11 is 5.56. The summed E-state index contributed by atoms with van der Waals surface area (Å²) < 4.78 is 0. The molecule has 0 aliphatic heterocycles. The maximum absolute atomic E-state index is 5.56. The first-order valence-corrected chi connectivity index (χ1v) is 4.09. The summed E-state index contributed by atoms with van der Waals surface area (Å²) in [7, 11) is 6.24. The van der Waals surface area contributed by atoms with Gasteiger partial charge in [-0.2, -0.15) is 0 Å². The highest BCUT2D eigenvalue weighted by atomic mass is 35.5. The SMILES string of the molecule is CN(C)CCN(C)CCCl.Cl.Cl. The average molecular weight is 238 g/mol. The molecule has 0 saturated carbocycles. The van der Waals surface area contributed by atoms with Crippen molar-refractivity contribution in [2.24, 2.45) is 0 Å². The van der Waals surface area contributed by atoms with Gasteiger partial charge in [-0.1, -0.05) is 0 Å². The van der Waals surface area contributed by atoms with Crippen molar-refractivity contribution in [3.8, 4) is 0 Å². The molecule has 0 N–H and O–H groups in total. The third kappa shape index (κ3) is 13.4. The van der Waals surface area contributed by atoms with Crippen LogP contribution in [0.25, 0.3) is 0 Å².